The molecule has 0 N–H and O–H groups in total. The molecule has 0 unspecified atom stereocenters. The van der Waals surface area contributed by atoms with Crippen LogP contribution >= 0.6 is 11.3 Å². The van der Waals surface area contributed by atoms with E-state index in [1.54, 1.807) is 16.2 Å². The third-order valence-corrected chi connectivity index (χ3v) is 6.49. The number of carbonyl (C=O) groups is 2. The van der Waals surface area contributed by atoms with Gasteiger partial charge in [-0.15, -0.1) is 11.3 Å². The minimum Gasteiger partial charge on any atom is -0.349 e. The van der Waals surface area contributed by atoms with Crippen LogP contribution in [0, 0.1) is 18.8 Å². The highest BCUT2D eigenvalue weighted by Crippen LogP contribution is 2.37. The zero-order valence-electron chi connectivity index (χ0n) is 16.6. The molecule has 5 nitrogen and oxygen atoms in total. The van der Waals surface area contributed by atoms with E-state index in [2.05, 4.69) is 42.7 Å². The van der Waals surface area contributed by atoms with Gasteiger partial charge in [0.1, 0.15) is 0 Å². The summed E-state index contributed by atoms with van der Waals surface area (Å²) in [6.45, 7) is 8.62. The number of amides is 2. The molecule has 0 spiro atoms. The molecule has 2 fully saturated rings. The molecule has 0 aromatic carbocycles. The molecule has 6 heteroatoms. The summed E-state index contributed by atoms with van der Waals surface area (Å²) >= 11 is 1.80. The quantitative estimate of drug-likeness (QED) is 0.792. The Labute approximate surface area is 161 Å². The lowest BCUT2D eigenvalue weighted by molar-refractivity contribution is -0.142. The van der Waals surface area contributed by atoms with E-state index < -0.39 is 0 Å². The fourth-order valence-corrected chi connectivity index (χ4v) is 5.42. The number of nitrogens with zero attached hydrogens (tertiary/aromatic N) is 3. The van der Waals surface area contributed by atoms with E-state index >= 15 is 0 Å². The van der Waals surface area contributed by atoms with Gasteiger partial charge in [0.15, 0.2) is 0 Å². The van der Waals surface area contributed by atoms with Crippen LogP contribution in [0.25, 0.3) is 0 Å². The van der Waals surface area contributed by atoms with Gasteiger partial charge in [-0.1, -0.05) is 13.8 Å². The van der Waals surface area contributed by atoms with Crippen LogP contribution in [-0.4, -0.2) is 65.8 Å². The fourth-order valence-electron chi connectivity index (χ4n) is 4.48. The number of aryl methyl sites for hydroxylation is 1. The third kappa shape index (κ3) is 3.96. The molecule has 2 aliphatic heterocycles. The van der Waals surface area contributed by atoms with Crippen LogP contribution in [0.2, 0.25) is 0 Å². The first-order valence-corrected chi connectivity index (χ1v) is 10.4. The van der Waals surface area contributed by atoms with Gasteiger partial charge in [0.2, 0.25) is 11.8 Å². The van der Waals surface area contributed by atoms with Crippen molar-refractivity contribution < 1.29 is 9.59 Å². The fraction of sp³-hybridized carbons (Fsp3) is 0.700. The molecule has 3 atom stereocenters. The monoisotopic (exact) mass is 377 g/mol. The van der Waals surface area contributed by atoms with Crippen molar-refractivity contribution in [2.75, 3.05) is 27.2 Å². The lowest BCUT2D eigenvalue weighted by Crippen LogP contribution is -2.56. The summed E-state index contributed by atoms with van der Waals surface area (Å²) in [4.78, 5) is 34.3. The zero-order chi connectivity index (χ0) is 19.0. The summed E-state index contributed by atoms with van der Waals surface area (Å²) in [6, 6.07) is 4.51. The Bertz CT molecular complexity index is 670. The highest BCUT2D eigenvalue weighted by Gasteiger charge is 2.49. The van der Waals surface area contributed by atoms with E-state index in [-0.39, 0.29) is 29.8 Å². The van der Waals surface area contributed by atoms with Gasteiger partial charge >= 0.3 is 0 Å². The standard InChI is InChI=1S/C20H31N3O2S/c1-13(2)8-18-17(20(25)21(4)5)9-15-10-22(12-19(24)23(15)18)11-16-7-6-14(3)26-16/h6-7,13,15,17-18H,8-12H2,1-5H3/t15-,17-,18-/m1/s1. The summed E-state index contributed by atoms with van der Waals surface area (Å²) in [5.74, 6) is 0.758. The Morgan fingerprint density at radius 2 is 2.08 bits per heavy atom. The topological polar surface area (TPSA) is 43.9 Å². The zero-order valence-corrected chi connectivity index (χ0v) is 17.4. The summed E-state index contributed by atoms with van der Waals surface area (Å²) < 4.78 is 0. The summed E-state index contributed by atoms with van der Waals surface area (Å²) in [6.07, 6.45) is 1.69. The summed E-state index contributed by atoms with van der Waals surface area (Å²) in [5, 5.41) is 0. The van der Waals surface area contributed by atoms with Crippen LogP contribution in [0.5, 0.6) is 0 Å². The number of fused-ring (bicyclic) bond motifs is 1. The highest BCUT2D eigenvalue weighted by atomic mass is 32.1. The smallest absolute Gasteiger partial charge is 0.237 e. The average molecular weight is 378 g/mol. The van der Waals surface area contributed by atoms with Crippen LogP contribution < -0.4 is 0 Å². The molecule has 1 aromatic heterocycles. The highest BCUT2D eigenvalue weighted by molar-refractivity contribution is 7.11. The first-order chi connectivity index (χ1) is 12.3. The van der Waals surface area contributed by atoms with Gasteiger partial charge in [0.25, 0.3) is 0 Å². The molecule has 1 aromatic rings. The summed E-state index contributed by atoms with van der Waals surface area (Å²) in [5.41, 5.74) is 0. The van der Waals surface area contributed by atoms with Crippen LogP contribution in [0.15, 0.2) is 12.1 Å². The van der Waals surface area contributed by atoms with Crippen molar-refractivity contribution in [3.8, 4) is 0 Å². The normalized spacial score (nSPS) is 26.5. The molecule has 0 saturated carbocycles. The van der Waals surface area contributed by atoms with E-state index in [0.717, 1.165) is 25.9 Å². The second-order valence-corrected chi connectivity index (χ2v) is 9.78. The van der Waals surface area contributed by atoms with Crippen molar-refractivity contribution in [2.45, 2.75) is 52.2 Å². The minimum absolute atomic E-state index is 0.0496. The maximum atomic E-state index is 13.0. The van der Waals surface area contributed by atoms with E-state index in [0.29, 0.717) is 12.5 Å². The van der Waals surface area contributed by atoms with Gasteiger partial charge in [0.05, 0.1) is 12.5 Å². The molecular formula is C20H31N3O2S. The number of carbonyl (C=O) groups excluding carboxylic acids is 2. The van der Waals surface area contributed by atoms with E-state index in [1.807, 2.05) is 14.1 Å². The van der Waals surface area contributed by atoms with Crippen LogP contribution in [-0.2, 0) is 16.1 Å². The van der Waals surface area contributed by atoms with Crippen LogP contribution in [0.4, 0.5) is 0 Å². The Morgan fingerprint density at radius 1 is 1.35 bits per heavy atom. The average Bonchev–Trinajstić information content (AvgIpc) is 3.10. The Morgan fingerprint density at radius 3 is 2.65 bits per heavy atom. The minimum atomic E-state index is -0.0646. The molecule has 0 radical (unpaired) electrons. The number of hydrogen-bond acceptors (Lipinski definition) is 4. The van der Waals surface area contributed by atoms with Crippen molar-refractivity contribution in [3.63, 3.8) is 0 Å². The van der Waals surface area contributed by atoms with E-state index in [4.69, 9.17) is 0 Å². The predicted octanol–water partition coefficient (Wildman–Crippen LogP) is 2.59. The third-order valence-electron chi connectivity index (χ3n) is 5.50. The van der Waals surface area contributed by atoms with Crippen molar-refractivity contribution in [2.24, 2.45) is 11.8 Å². The van der Waals surface area contributed by atoms with Gasteiger partial charge in [-0.3, -0.25) is 14.5 Å². The largest absolute Gasteiger partial charge is 0.349 e. The van der Waals surface area contributed by atoms with Gasteiger partial charge in [0, 0.05) is 49.0 Å². The Balaban J connectivity index is 1.76. The molecule has 2 amide bonds. The molecule has 3 heterocycles. The molecule has 2 saturated heterocycles. The molecule has 0 bridgehead atoms. The molecule has 2 aliphatic rings. The molecule has 3 rings (SSSR count). The predicted molar refractivity (Wildman–Crippen MR) is 105 cm³/mol. The molecule has 0 aliphatic carbocycles. The second-order valence-electron chi connectivity index (χ2n) is 8.41. The maximum Gasteiger partial charge on any atom is 0.237 e. The number of rotatable bonds is 5. The van der Waals surface area contributed by atoms with E-state index in [1.165, 1.54) is 9.75 Å². The first kappa shape index (κ1) is 19.4. The van der Waals surface area contributed by atoms with Gasteiger partial charge in [-0.05, 0) is 37.8 Å². The van der Waals surface area contributed by atoms with Crippen molar-refractivity contribution in [1.82, 2.24) is 14.7 Å². The molecular weight excluding hydrogens is 346 g/mol. The molecule has 26 heavy (non-hydrogen) atoms. The SMILES string of the molecule is Cc1ccc(CN2CC(=O)N3[C@H](C[C@@H](C(=O)N(C)C)[C@H]3CC(C)C)C2)s1. The summed E-state index contributed by atoms with van der Waals surface area (Å²) in [7, 11) is 3.64. The van der Waals surface area contributed by atoms with Gasteiger partial charge < -0.3 is 9.80 Å². The van der Waals surface area contributed by atoms with E-state index in [9.17, 15) is 9.59 Å². The number of hydrogen-bond donors (Lipinski definition) is 0. The van der Waals surface area contributed by atoms with Crippen molar-refractivity contribution in [1.29, 1.82) is 0 Å². The first-order valence-electron chi connectivity index (χ1n) is 9.56. The lowest BCUT2D eigenvalue weighted by atomic mass is 9.91. The van der Waals surface area contributed by atoms with Gasteiger partial charge in [-0.2, -0.15) is 0 Å². The Kier molecular flexibility index (Phi) is 5.72. The molecule has 144 valence electrons. The second kappa shape index (κ2) is 7.69. The number of thiophene rings is 1. The van der Waals surface area contributed by atoms with Crippen LogP contribution in [0.1, 0.15) is 36.4 Å². The van der Waals surface area contributed by atoms with Crippen molar-refractivity contribution in [3.05, 3.63) is 21.9 Å². The Hall–Kier alpha value is -1.40. The number of piperazine rings is 1. The maximum absolute atomic E-state index is 13.0. The lowest BCUT2D eigenvalue weighted by Gasteiger charge is -2.40. The van der Waals surface area contributed by atoms with Crippen LogP contribution in [0.3, 0.4) is 0 Å². The van der Waals surface area contributed by atoms with Gasteiger partial charge in [-0.25, -0.2) is 0 Å². The van der Waals surface area contributed by atoms with Crippen molar-refractivity contribution >= 4 is 23.2 Å².